The molecule has 0 spiro atoms. The Balaban J connectivity index is 2.83. The summed E-state index contributed by atoms with van der Waals surface area (Å²) in [5.41, 5.74) is 0.246. The normalized spacial score (nSPS) is 11.4. The number of benzene rings is 1. The predicted octanol–water partition coefficient (Wildman–Crippen LogP) is 2.84. The van der Waals surface area contributed by atoms with Gasteiger partial charge >= 0.3 is 5.97 Å². The fraction of sp³-hybridized carbons (Fsp3) is 0.333. The Morgan fingerprint density at radius 2 is 2.05 bits per heavy atom. The van der Waals surface area contributed by atoms with Crippen molar-refractivity contribution in [1.29, 1.82) is 0 Å². The zero-order chi connectivity index (χ0) is 16.0. The van der Waals surface area contributed by atoms with Gasteiger partial charge in [-0.15, -0.1) is 0 Å². The number of carbonyl (C=O) groups is 2. The largest absolute Gasteiger partial charge is 0.482 e. The molecule has 5 nitrogen and oxygen atoms in total. The summed E-state index contributed by atoms with van der Waals surface area (Å²) in [7, 11) is 0. The number of para-hydroxylation sites is 1. The molecule has 0 bridgehead atoms. The van der Waals surface area contributed by atoms with E-state index in [0.717, 1.165) is 6.08 Å². The highest BCUT2D eigenvalue weighted by molar-refractivity contribution is 9.10. The molecular formula is C15H18BrNO4. The van der Waals surface area contributed by atoms with Crippen molar-refractivity contribution < 1.29 is 19.4 Å². The molecule has 21 heavy (non-hydrogen) atoms. The lowest BCUT2D eigenvalue weighted by atomic mass is 10.1. The monoisotopic (exact) mass is 355 g/mol. The topological polar surface area (TPSA) is 75.6 Å². The van der Waals surface area contributed by atoms with Gasteiger partial charge in [0.05, 0.1) is 4.47 Å². The summed E-state index contributed by atoms with van der Waals surface area (Å²) in [6.07, 6.45) is 2.44. The number of carbonyl (C=O) groups excluding carboxylic acids is 1. The third kappa shape index (κ3) is 6.44. The molecule has 1 amide bonds. The van der Waals surface area contributed by atoms with Crippen LogP contribution in [0, 0.1) is 0 Å². The van der Waals surface area contributed by atoms with Gasteiger partial charge in [0.1, 0.15) is 5.75 Å². The third-order valence-electron chi connectivity index (χ3n) is 2.26. The van der Waals surface area contributed by atoms with Gasteiger partial charge in [-0.1, -0.05) is 12.1 Å². The van der Waals surface area contributed by atoms with Gasteiger partial charge in [0.15, 0.2) is 6.61 Å². The van der Waals surface area contributed by atoms with Crippen LogP contribution in [0.4, 0.5) is 0 Å². The molecular weight excluding hydrogens is 338 g/mol. The van der Waals surface area contributed by atoms with Crippen molar-refractivity contribution in [3.05, 3.63) is 34.3 Å². The number of carboxylic acids is 1. The molecule has 0 radical (unpaired) electrons. The smallest absolute Gasteiger partial charge is 0.328 e. The summed E-state index contributed by atoms with van der Waals surface area (Å²) in [4.78, 5) is 22.3. The molecule has 0 fully saturated rings. The van der Waals surface area contributed by atoms with E-state index in [0.29, 0.717) is 15.8 Å². The lowest BCUT2D eigenvalue weighted by Crippen LogP contribution is -2.43. The molecule has 1 aromatic rings. The van der Waals surface area contributed by atoms with Gasteiger partial charge in [-0.25, -0.2) is 4.79 Å². The first kappa shape index (κ1) is 17.2. The van der Waals surface area contributed by atoms with Crippen LogP contribution in [0.2, 0.25) is 0 Å². The average Bonchev–Trinajstić information content (AvgIpc) is 2.32. The van der Waals surface area contributed by atoms with Gasteiger partial charge in [-0.2, -0.15) is 0 Å². The van der Waals surface area contributed by atoms with Crippen LogP contribution >= 0.6 is 15.9 Å². The minimum atomic E-state index is -1.05. The van der Waals surface area contributed by atoms with Crippen LogP contribution in [-0.4, -0.2) is 29.1 Å². The van der Waals surface area contributed by atoms with E-state index in [1.807, 2.05) is 20.8 Å². The SMILES string of the molecule is CC(C)(C)NC(=O)COc1c(Br)cccc1C=CC(=O)O. The van der Waals surface area contributed by atoms with Gasteiger partial charge in [0.2, 0.25) is 0 Å². The van der Waals surface area contributed by atoms with E-state index in [1.54, 1.807) is 18.2 Å². The summed E-state index contributed by atoms with van der Waals surface area (Å²) in [5, 5.41) is 11.5. The molecule has 0 aromatic heterocycles. The van der Waals surface area contributed by atoms with Gasteiger partial charge in [-0.3, -0.25) is 4.79 Å². The zero-order valence-electron chi connectivity index (χ0n) is 12.1. The Morgan fingerprint density at radius 1 is 1.38 bits per heavy atom. The van der Waals surface area contributed by atoms with Crippen LogP contribution in [0.1, 0.15) is 26.3 Å². The summed E-state index contributed by atoms with van der Waals surface area (Å²) in [6.45, 7) is 5.49. The number of aliphatic carboxylic acids is 1. The number of rotatable bonds is 5. The Hall–Kier alpha value is -1.82. The number of ether oxygens (including phenoxy) is 1. The number of halogens is 1. The van der Waals surface area contributed by atoms with Crippen LogP contribution in [0.5, 0.6) is 5.75 Å². The van der Waals surface area contributed by atoms with Crippen molar-refractivity contribution in [3.8, 4) is 5.75 Å². The molecule has 1 rings (SSSR count). The zero-order valence-corrected chi connectivity index (χ0v) is 13.7. The predicted molar refractivity (Wildman–Crippen MR) is 84.2 cm³/mol. The third-order valence-corrected chi connectivity index (χ3v) is 2.89. The molecule has 0 saturated carbocycles. The van der Waals surface area contributed by atoms with Gasteiger partial charge in [-0.05, 0) is 48.8 Å². The maximum absolute atomic E-state index is 11.8. The molecule has 114 valence electrons. The van der Waals surface area contributed by atoms with Crippen molar-refractivity contribution in [3.63, 3.8) is 0 Å². The standard InChI is InChI=1S/C15H18BrNO4/c1-15(2,3)17-12(18)9-21-14-10(7-8-13(19)20)5-4-6-11(14)16/h4-8H,9H2,1-3H3,(H,17,18)(H,19,20). The van der Waals surface area contributed by atoms with Crippen molar-refractivity contribution in [2.24, 2.45) is 0 Å². The van der Waals surface area contributed by atoms with E-state index in [-0.39, 0.29) is 18.1 Å². The fourth-order valence-electron chi connectivity index (χ4n) is 1.56. The average molecular weight is 356 g/mol. The van der Waals surface area contributed by atoms with Crippen LogP contribution in [0.25, 0.3) is 6.08 Å². The molecule has 0 atom stereocenters. The minimum Gasteiger partial charge on any atom is -0.482 e. The molecule has 1 aromatic carbocycles. The van der Waals surface area contributed by atoms with Crippen molar-refractivity contribution >= 4 is 33.9 Å². The minimum absolute atomic E-state index is 0.145. The molecule has 0 aliphatic rings. The van der Waals surface area contributed by atoms with E-state index in [1.165, 1.54) is 6.08 Å². The first-order valence-corrected chi connectivity index (χ1v) is 7.11. The Labute approximate surface area is 132 Å². The highest BCUT2D eigenvalue weighted by Crippen LogP contribution is 2.30. The maximum atomic E-state index is 11.8. The second-order valence-corrected chi connectivity index (χ2v) is 6.27. The number of hydrogen-bond donors (Lipinski definition) is 2. The van der Waals surface area contributed by atoms with Crippen LogP contribution < -0.4 is 10.1 Å². The number of nitrogens with one attached hydrogen (secondary N) is 1. The summed E-state index contributed by atoms with van der Waals surface area (Å²) in [5.74, 6) is -0.864. The number of amides is 1. The summed E-state index contributed by atoms with van der Waals surface area (Å²) in [6, 6.07) is 5.23. The fourth-order valence-corrected chi connectivity index (χ4v) is 2.06. The van der Waals surface area contributed by atoms with Gasteiger partial charge in [0, 0.05) is 17.2 Å². The Kier molecular flexibility index (Phi) is 5.96. The molecule has 0 aliphatic heterocycles. The van der Waals surface area contributed by atoms with Gasteiger partial charge < -0.3 is 15.2 Å². The van der Waals surface area contributed by atoms with Crippen molar-refractivity contribution in [2.45, 2.75) is 26.3 Å². The molecule has 6 heteroatoms. The van der Waals surface area contributed by atoms with E-state index in [2.05, 4.69) is 21.2 Å². The van der Waals surface area contributed by atoms with E-state index >= 15 is 0 Å². The van der Waals surface area contributed by atoms with Gasteiger partial charge in [0.25, 0.3) is 5.91 Å². The summed E-state index contributed by atoms with van der Waals surface area (Å²) >= 11 is 3.33. The van der Waals surface area contributed by atoms with Crippen molar-refractivity contribution in [1.82, 2.24) is 5.32 Å². The molecule has 0 saturated heterocycles. The highest BCUT2D eigenvalue weighted by Gasteiger charge is 2.15. The number of hydrogen-bond acceptors (Lipinski definition) is 3. The number of carboxylic acid groups (broad SMARTS) is 1. The first-order chi connectivity index (χ1) is 9.69. The van der Waals surface area contributed by atoms with E-state index < -0.39 is 5.97 Å². The second-order valence-electron chi connectivity index (χ2n) is 5.42. The summed E-state index contributed by atoms with van der Waals surface area (Å²) < 4.78 is 6.16. The van der Waals surface area contributed by atoms with E-state index in [9.17, 15) is 9.59 Å². The van der Waals surface area contributed by atoms with Crippen LogP contribution in [0.3, 0.4) is 0 Å². The van der Waals surface area contributed by atoms with Crippen LogP contribution in [-0.2, 0) is 9.59 Å². The van der Waals surface area contributed by atoms with Crippen LogP contribution in [0.15, 0.2) is 28.7 Å². The molecule has 0 unspecified atom stereocenters. The lowest BCUT2D eigenvalue weighted by Gasteiger charge is -2.20. The molecule has 0 heterocycles. The Bertz CT molecular complexity index is 561. The lowest BCUT2D eigenvalue weighted by molar-refractivity contribution is -0.131. The highest BCUT2D eigenvalue weighted by atomic mass is 79.9. The van der Waals surface area contributed by atoms with E-state index in [4.69, 9.17) is 9.84 Å². The maximum Gasteiger partial charge on any atom is 0.328 e. The quantitative estimate of drug-likeness (QED) is 0.796. The Morgan fingerprint density at radius 3 is 2.62 bits per heavy atom. The van der Waals surface area contributed by atoms with Crippen molar-refractivity contribution in [2.75, 3.05) is 6.61 Å². The first-order valence-electron chi connectivity index (χ1n) is 6.32. The molecule has 2 N–H and O–H groups in total. The second kappa shape index (κ2) is 7.26. The molecule has 0 aliphatic carbocycles.